The Morgan fingerprint density at radius 1 is 1.00 bits per heavy atom. The number of aliphatic carboxylic acids is 2. The Labute approximate surface area is 226 Å². The van der Waals surface area contributed by atoms with Crippen molar-refractivity contribution >= 4 is 17.9 Å². The van der Waals surface area contributed by atoms with Crippen LogP contribution < -0.4 is 5.32 Å². The smallest absolute Gasteiger partial charge is 0.475 e. The SMILES string of the molecule is Cc1nn(C)c(C)c1-c1ccnc(NCCN2CCN(C(C)C)CC2)n1.O=C(O)C(F)(F)F.O=C(O)C(F)(F)F. The van der Waals surface area contributed by atoms with Crippen molar-refractivity contribution in [3.63, 3.8) is 0 Å². The number of hydrogen-bond donors (Lipinski definition) is 3. The lowest BCUT2D eigenvalue weighted by atomic mass is 10.1. The van der Waals surface area contributed by atoms with Gasteiger partial charge >= 0.3 is 24.3 Å². The second-order valence-electron chi connectivity index (χ2n) is 8.94. The number of alkyl halides is 6. The number of rotatable bonds is 6. The number of carbonyl (C=O) groups is 2. The number of nitrogens with one attached hydrogen (secondary N) is 1. The van der Waals surface area contributed by atoms with Crippen molar-refractivity contribution in [1.82, 2.24) is 29.5 Å². The highest BCUT2D eigenvalue weighted by atomic mass is 19.4. The predicted octanol–water partition coefficient (Wildman–Crippen LogP) is 3.20. The van der Waals surface area contributed by atoms with Gasteiger partial charge in [0.15, 0.2) is 0 Å². The zero-order valence-electron chi connectivity index (χ0n) is 22.6. The molecule has 226 valence electrons. The molecule has 1 aliphatic heterocycles. The van der Waals surface area contributed by atoms with E-state index in [1.54, 1.807) is 0 Å². The Hall–Kier alpha value is -3.47. The number of aromatic nitrogens is 4. The first-order valence-electron chi connectivity index (χ1n) is 12.0. The van der Waals surface area contributed by atoms with Gasteiger partial charge in [0, 0.05) is 69.8 Å². The molecule has 0 aliphatic carbocycles. The van der Waals surface area contributed by atoms with Gasteiger partial charge in [0.05, 0.1) is 11.4 Å². The van der Waals surface area contributed by atoms with Crippen LogP contribution in [0.5, 0.6) is 0 Å². The fourth-order valence-electron chi connectivity index (χ4n) is 3.56. The van der Waals surface area contributed by atoms with E-state index >= 15 is 0 Å². The molecular formula is C23H33F6N7O4. The predicted molar refractivity (Wildman–Crippen MR) is 133 cm³/mol. The largest absolute Gasteiger partial charge is 0.490 e. The van der Waals surface area contributed by atoms with Crippen molar-refractivity contribution < 1.29 is 46.1 Å². The van der Waals surface area contributed by atoms with E-state index < -0.39 is 24.3 Å². The van der Waals surface area contributed by atoms with E-state index in [1.807, 2.05) is 30.9 Å². The van der Waals surface area contributed by atoms with Crippen LogP contribution in [-0.2, 0) is 16.6 Å². The zero-order chi connectivity index (χ0) is 30.8. The van der Waals surface area contributed by atoms with Crippen molar-refractivity contribution in [3.8, 4) is 11.3 Å². The van der Waals surface area contributed by atoms with Crippen LogP contribution >= 0.6 is 0 Å². The van der Waals surface area contributed by atoms with Gasteiger partial charge in [0.25, 0.3) is 0 Å². The van der Waals surface area contributed by atoms with Crippen LogP contribution in [0, 0.1) is 13.8 Å². The third-order valence-electron chi connectivity index (χ3n) is 5.75. The van der Waals surface area contributed by atoms with Crippen LogP contribution in [0.2, 0.25) is 0 Å². The summed E-state index contributed by atoms with van der Waals surface area (Å²) in [5, 5.41) is 22.1. The molecule has 3 N–H and O–H groups in total. The normalized spacial score (nSPS) is 14.6. The molecule has 0 amide bonds. The molecule has 0 spiro atoms. The maximum absolute atomic E-state index is 10.6. The number of piperazine rings is 1. The van der Waals surface area contributed by atoms with Crippen molar-refractivity contribution in [1.29, 1.82) is 0 Å². The minimum Gasteiger partial charge on any atom is -0.475 e. The first-order chi connectivity index (χ1) is 18.3. The molecule has 0 bridgehead atoms. The van der Waals surface area contributed by atoms with Crippen LogP contribution in [-0.4, -0.2) is 109 Å². The summed E-state index contributed by atoms with van der Waals surface area (Å²) in [5.41, 5.74) is 4.15. The number of carboxylic acids is 2. The Morgan fingerprint density at radius 2 is 1.50 bits per heavy atom. The van der Waals surface area contributed by atoms with E-state index in [9.17, 15) is 26.3 Å². The third-order valence-corrected chi connectivity index (χ3v) is 5.75. The first-order valence-corrected chi connectivity index (χ1v) is 12.0. The summed E-state index contributed by atoms with van der Waals surface area (Å²) >= 11 is 0. The Morgan fingerprint density at radius 3 is 1.90 bits per heavy atom. The molecule has 3 rings (SSSR count). The number of hydrogen-bond acceptors (Lipinski definition) is 8. The second kappa shape index (κ2) is 14.8. The highest BCUT2D eigenvalue weighted by Gasteiger charge is 2.38. The molecule has 2 aromatic rings. The zero-order valence-corrected chi connectivity index (χ0v) is 22.6. The third kappa shape index (κ3) is 11.3. The number of anilines is 1. The van der Waals surface area contributed by atoms with Gasteiger partial charge in [-0.1, -0.05) is 0 Å². The Bertz CT molecular complexity index is 1090. The average molecular weight is 586 g/mol. The van der Waals surface area contributed by atoms with Gasteiger partial charge in [-0.25, -0.2) is 19.6 Å². The molecule has 0 atom stereocenters. The summed E-state index contributed by atoms with van der Waals surface area (Å²) in [5.74, 6) is -4.83. The molecule has 1 fully saturated rings. The number of nitrogens with zero attached hydrogens (tertiary/aromatic N) is 6. The van der Waals surface area contributed by atoms with E-state index in [0.717, 1.165) is 61.9 Å². The quantitative estimate of drug-likeness (QED) is 0.434. The minimum atomic E-state index is -5.08. The summed E-state index contributed by atoms with van der Waals surface area (Å²) in [6.07, 6.45) is -8.35. The topological polar surface area (TPSA) is 137 Å². The number of aryl methyl sites for hydroxylation is 2. The minimum absolute atomic E-state index is 0.644. The van der Waals surface area contributed by atoms with Crippen LogP contribution in [0.3, 0.4) is 0 Å². The molecule has 3 heterocycles. The lowest BCUT2D eigenvalue weighted by molar-refractivity contribution is -0.193. The van der Waals surface area contributed by atoms with Gasteiger partial charge in [-0.2, -0.15) is 31.4 Å². The molecule has 1 aliphatic rings. The van der Waals surface area contributed by atoms with Crippen molar-refractivity contribution in [2.24, 2.45) is 7.05 Å². The van der Waals surface area contributed by atoms with E-state index in [4.69, 9.17) is 24.8 Å². The molecule has 2 aromatic heterocycles. The summed E-state index contributed by atoms with van der Waals surface area (Å²) in [6.45, 7) is 15.1. The van der Waals surface area contributed by atoms with Gasteiger partial charge in [0.2, 0.25) is 5.95 Å². The molecule has 0 aromatic carbocycles. The average Bonchev–Trinajstić information content (AvgIpc) is 3.10. The molecule has 1 saturated heterocycles. The lowest BCUT2D eigenvalue weighted by Crippen LogP contribution is -2.49. The monoisotopic (exact) mass is 585 g/mol. The second-order valence-corrected chi connectivity index (χ2v) is 8.94. The van der Waals surface area contributed by atoms with Crippen LogP contribution in [0.1, 0.15) is 25.2 Å². The van der Waals surface area contributed by atoms with E-state index in [1.165, 1.54) is 0 Å². The van der Waals surface area contributed by atoms with Gasteiger partial charge in [-0.15, -0.1) is 0 Å². The molecule has 0 unspecified atom stereocenters. The highest BCUT2D eigenvalue weighted by Crippen LogP contribution is 2.25. The fourth-order valence-corrected chi connectivity index (χ4v) is 3.56. The fraction of sp³-hybridized carbons (Fsp3) is 0.609. The van der Waals surface area contributed by atoms with Gasteiger partial charge in [-0.3, -0.25) is 14.5 Å². The van der Waals surface area contributed by atoms with Gasteiger partial charge in [-0.05, 0) is 33.8 Å². The molecule has 40 heavy (non-hydrogen) atoms. The molecule has 0 radical (unpaired) electrons. The number of halogens is 6. The van der Waals surface area contributed by atoms with E-state index in [0.29, 0.717) is 12.0 Å². The summed E-state index contributed by atoms with van der Waals surface area (Å²) < 4.78 is 65.4. The Kier molecular flexibility index (Phi) is 12.8. The molecular weight excluding hydrogens is 552 g/mol. The maximum atomic E-state index is 10.6. The van der Waals surface area contributed by atoms with E-state index in [2.05, 4.69) is 46.0 Å². The van der Waals surface area contributed by atoms with Gasteiger partial charge < -0.3 is 15.5 Å². The molecule has 11 nitrogen and oxygen atoms in total. The molecule has 17 heteroatoms. The number of carboxylic acid groups (broad SMARTS) is 2. The summed E-state index contributed by atoms with van der Waals surface area (Å²) in [4.78, 5) is 31.9. The molecule has 0 saturated carbocycles. The highest BCUT2D eigenvalue weighted by molar-refractivity contribution is 5.73. The van der Waals surface area contributed by atoms with Crippen LogP contribution in [0.15, 0.2) is 12.3 Å². The standard InChI is InChI=1S/C19H31N7.2C2HF3O2/c1-14(2)26-12-10-25(11-13-26)9-8-21-19-20-7-6-17(22-19)18-15(3)23-24(5)16(18)4;2*3-2(4,5)1(6)7/h6-7,14H,8-13H2,1-5H3,(H,20,21,22);2*(H,6,7). The van der Waals surface area contributed by atoms with Crippen molar-refractivity contribution in [2.45, 2.75) is 46.1 Å². The Balaban J connectivity index is 0.000000473. The van der Waals surface area contributed by atoms with Crippen molar-refractivity contribution in [3.05, 3.63) is 23.7 Å². The van der Waals surface area contributed by atoms with Gasteiger partial charge in [0.1, 0.15) is 0 Å². The van der Waals surface area contributed by atoms with Crippen LogP contribution in [0.25, 0.3) is 11.3 Å². The maximum Gasteiger partial charge on any atom is 0.490 e. The summed E-state index contributed by atoms with van der Waals surface area (Å²) in [7, 11) is 1.96. The van der Waals surface area contributed by atoms with E-state index in [-0.39, 0.29) is 0 Å². The van der Waals surface area contributed by atoms with Crippen LogP contribution in [0.4, 0.5) is 32.3 Å². The van der Waals surface area contributed by atoms with Crippen molar-refractivity contribution in [2.75, 3.05) is 44.6 Å². The summed E-state index contributed by atoms with van der Waals surface area (Å²) in [6, 6.07) is 2.60. The lowest BCUT2D eigenvalue weighted by Gasteiger charge is -2.36. The first kappa shape index (κ1) is 34.6.